The molecular weight excluding hydrogens is 360 g/mol. The van der Waals surface area contributed by atoms with Crippen molar-refractivity contribution in [3.05, 3.63) is 76.0 Å². The zero-order chi connectivity index (χ0) is 18.4. The van der Waals surface area contributed by atoms with Gasteiger partial charge in [0, 0.05) is 23.1 Å². The topological polar surface area (TPSA) is 54.3 Å². The minimum absolute atomic E-state index is 0.120. The molecule has 2 aliphatic rings. The fourth-order valence-electron chi connectivity index (χ4n) is 3.70. The van der Waals surface area contributed by atoms with Crippen molar-refractivity contribution in [1.82, 2.24) is 5.01 Å². The molecule has 0 spiro atoms. The summed E-state index contributed by atoms with van der Waals surface area (Å²) in [5.74, 6) is 1.49. The van der Waals surface area contributed by atoms with Crippen LogP contribution in [0.25, 0.3) is 0 Å². The summed E-state index contributed by atoms with van der Waals surface area (Å²) in [5.41, 5.74) is 4.15. The molecule has 6 heteroatoms. The third kappa shape index (κ3) is 2.64. The lowest BCUT2D eigenvalue weighted by molar-refractivity contribution is -0.0187. The molecule has 0 aliphatic carbocycles. The highest BCUT2D eigenvalue weighted by Crippen LogP contribution is 2.47. The van der Waals surface area contributed by atoms with Gasteiger partial charge in [0.05, 0.1) is 18.9 Å². The lowest BCUT2D eigenvalue weighted by Crippen LogP contribution is -2.33. The molecule has 136 valence electrons. The summed E-state index contributed by atoms with van der Waals surface area (Å²) in [6, 6.07) is 15.7. The molecule has 1 N–H and O–H groups in total. The number of fused-ring (bicyclic) bond motifs is 3. The molecule has 0 fully saturated rings. The van der Waals surface area contributed by atoms with Crippen molar-refractivity contribution >= 4 is 17.0 Å². The molecule has 2 atom stereocenters. The average molecular weight is 378 g/mol. The number of para-hydroxylation sites is 1. The van der Waals surface area contributed by atoms with Gasteiger partial charge >= 0.3 is 0 Å². The molecule has 27 heavy (non-hydrogen) atoms. The largest absolute Gasteiger partial charge is 0.504 e. The minimum atomic E-state index is -0.243. The minimum Gasteiger partial charge on any atom is -0.504 e. The normalized spacial score (nSPS) is 20.5. The van der Waals surface area contributed by atoms with E-state index in [0.717, 1.165) is 34.6 Å². The highest BCUT2D eigenvalue weighted by Gasteiger charge is 2.41. The highest BCUT2D eigenvalue weighted by molar-refractivity contribution is 7.07. The van der Waals surface area contributed by atoms with Gasteiger partial charge in [0.15, 0.2) is 11.5 Å². The summed E-state index contributed by atoms with van der Waals surface area (Å²) in [4.78, 5) is 0. The molecule has 3 heterocycles. The van der Waals surface area contributed by atoms with Crippen molar-refractivity contribution in [3.63, 3.8) is 0 Å². The number of thiophene rings is 1. The van der Waals surface area contributed by atoms with E-state index >= 15 is 0 Å². The Bertz CT molecular complexity index is 1020. The third-order valence-electron chi connectivity index (χ3n) is 5.04. The van der Waals surface area contributed by atoms with Gasteiger partial charge in [-0.15, -0.1) is 0 Å². The number of rotatable bonds is 3. The molecule has 5 rings (SSSR count). The van der Waals surface area contributed by atoms with Crippen LogP contribution in [-0.4, -0.2) is 22.9 Å². The number of hydrazone groups is 1. The Morgan fingerprint density at radius 3 is 2.93 bits per heavy atom. The fraction of sp³-hybridized carbons (Fsp3) is 0.190. The molecule has 1 aromatic heterocycles. The molecule has 2 aromatic carbocycles. The molecule has 0 bridgehead atoms. The van der Waals surface area contributed by atoms with Crippen LogP contribution in [0.1, 0.15) is 35.4 Å². The van der Waals surface area contributed by atoms with Crippen LogP contribution in [0.2, 0.25) is 0 Å². The summed E-state index contributed by atoms with van der Waals surface area (Å²) in [5, 5.41) is 21.0. The van der Waals surface area contributed by atoms with Crippen LogP contribution >= 0.6 is 11.3 Å². The lowest BCUT2D eigenvalue weighted by Gasteiger charge is -2.37. The van der Waals surface area contributed by atoms with Crippen LogP contribution in [0, 0.1) is 0 Å². The van der Waals surface area contributed by atoms with Crippen LogP contribution < -0.4 is 9.47 Å². The molecule has 0 saturated heterocycles. The van der Waals surface area contributed by atoms with Crippen molar-refractivity contribution in [2.24, 2.45) is 5.10 Å². The second-order valence-corrected chi connectivity index (χ2v) is 7.38. The number of hydrogen-bond acceptors (Lipinski definition) is 6. The Hall–Kier alpha value is -2.99. The van der Waals surface area contributed by atoms with Crippen molar-refractivity contribution in [1.29, 1.82) is 0 Å². The number of aromatic hydroxyl groups is 1. The molecule has 0 unspecified atom stereocenters. The lowest BCUT2D eigenvalue weighted by atomic mass is 9.96. The van der Waals surface area contributed by atoms with Gasteiger partial charge < -0.3 is 14.6 Å². The fourth-order valence-corrected chi connectivity index (χ4v) is 4.37. The third-order valence-corrected chi connectivity index (χ3v) is 5.74. The zero-order valence-electron chi connectivity index (χ0n) is 14.7. The first-order chi connectivity index (χ1) is 13.2. The van der Waals surface area contributed by atoms with E-state index in [4.69, 9.17) is 14.6 Å². The second-order valence-electron chi connectivity index (χ2n) is 6.60. The van der Waals surface area contributed by atoms with Crippen LogP contribution in [0.3, 0.4) is 0 Å². The van der Waals surface area contributed by atoms with Crippen molar-refractivity contribution in [3.8, 4) is 17.2 Å². The van der Waals surface area contributed by atoms with Gasteiger partial charge in [0.2, 0.25) is 6.23 Å². The van der Waals surface area contributed by atoms with Crippen molar-refractivity contribution in [2.45, 2.75) is 18.7 Å². The van der Waals surface area contributed by atoms with E-state index in [2.05, 4.69) is 27.9 Å². The Labute approximate surface area is 161 Å². The van der Waals surface area contributed by atoms with Gasteiger partial charge in [-0.3, -0.25) is 0 Å². The van der Waals surface area contributed by atoms with Gasteiger partial charge in [-0.1, -0.05) is 18.2 Å². The second kappa shape index (κ2) is 6.32. The van der Waals surface area contributed by atoms with E-state index in [9.17, 15) is 5.11 Å². The monoisotopic (exact) mass is 378 g/mol. The van der Waals surface area contributed by atoms with Gasteiger partial charge in [0.25, 0.3) is 0 Å². The molecular formula is C21H18N2O3S. The van der Waals surface area contributed by atoms with Crippen molar-refractivity contribution in [2.75, 3.05) is 7.11 Å². The molecule has 0 radical (unpaired) electrons. The summed E-state index contributed by atoms with van der Waals surface area (Å²) in [6.07, 6.45) is 0.530. The van der Waals surface area contributed by atoms with Gasteiger partial charge in [-0.05, 0) is 41.1 Å². The first-order valence-electron chi connectivity index (χ1n) is 8.75. The number of ether oxygens (including phenoxy) is 2. The van der Waals surface area contributed by atoms with E-state index in [0.29, 0.717) is 5.75 Å². The summed E-state index contributed by atoms with van der Waals surface area (Å²) >= 11 is 1.65. The quantitative estimate of drug-likeness (QED) is 0.717. The average Bonchev–Trinajstić information content (AvgIpc) is 3.38. The van der Waals surface area contributed by atoms with E-state index in [1.54, 1.807) is 24.5 Å². The number of phenols is 1. The van der Waals surface area contributed by atoms with Crippen LogP contribution in [-0.2, 0) is 0 Å². The van der Waals surface area contributed by atoms with Crippen molar-refractivity contribution < 1.29 is 14.6 Å². The zero-order valence-corrected chi connectivity index (χ0v) is 15.5. The molecule has 2 aliphatic heterocycles. The standard InChI is InChI=1S/C21H18N2O3S/c1-25-20-10-13(6-7-18(20)24)16-11-17-15-4-2-3-5-19(15)26-21(23(17)22-16)14-8-9-27-12-14/h2-10,12,17,21,24H,11H2,1H3/t17-,21-/m1/s1. The number of methoxy groups -OCH3 is 1. The van der Waals surface area contributed by atoms with E-state index in [1.807, 2.05) is 30.3 Å². The maximum absolute atomic E-state index is 9.89. The number of phenolic OH excluding ortho intramolecular Hbond substituents is 1. The van der Waals surface area contributed by atoms with Crippen LogP contribution in [0.15, 0.2) is 64.4 Å². The summed E-state index contributed by atoms with van der Waals surface area (Å²) < 4.78 is 11.6. The number of hydrogen-bond donors (Lipinski definition) is 1. The van der Waals surface area contributed by atoms with E-state index in [1.165, 1.54) is 0 Å². The molecule has 0 amide bonds. The van der Waals surface area contributed by atoms with E-state index < -0.39 is 0 Å². The first kappa shape index (κ1) is 16.2. The molecule has 0 saturated carbocycles. The Balaban J connectivity index is 1.58. The summed E-state index contributed by atoms with van der Waals surface area (Å²) in [6.45, 7) is 0. The maximum Gasteiger partial charge on any atom is 0.214 e. The predicted molar refractivity (Wildman–Crippen MR) is 105 cm³/mol. The van der Waals surface area contributed by atoms with Gasteiger partial charge in [-0.25, -0.2) is 5.01 Å². The van der Waals surface area contributed by atoms with Gasteiger partial charge in [-0.2, -0.15) is 16.4 Å². The Morgan fingerprint density at radius 1 is 1.22 bits per heavy atom. The highest BCUT2D eigenvalue weighted by atomic mass is 32.1. The summed E-state index contributed by atoms with van der Waals surface area (Å²) in [7, 11) is 1.55. The number of nitrogens with zero attached hydrogens (tertiary/aromatic N) is 2. The SMILES string of the molecule is COc1cc(C2=NN3[C@H](C2)c2ccccc2O[C@@H]3c2ccsc2)ccc1O. The first-order valence-corrected chi connectivity index (χ1v) is 9.70. The van der Waals surface area contributed by atoms with Gasteiger partial charge in [0.1, 0.15) is 5.75 Å². The Kier molecular flexibility index (Phi) is 3.79. The Morgan fingerprint density at radius 2 is 2.11 bits per heavy atom. The predicted octanol–water partition coefficient (Wildman–Crippen LogP) is 4.70. The van der Waals surface area contributed by atoms with Crippen LogP contribution in [0.5, 0.6) is 17.2 Å². The van der Waals surface area contributed by atoms with E-state index in [-0.39, 0.29) is 18.0 Å². The molecule has 5 nitrogen and oxygen atoms in total. The van der Waals surface area contributed by atoms with Crippen LogP contribution in [0.4, 0.5) is 0 Å². The number of benzene rings is 2. The maximum atomic E-state index is 9.89. The smallest absolute Gasteiger partial charge is 0.214 e. The molecule has 3 aromatic rings.